The molecule has 3 heterocycles. The number of aromatic nitrogens is 1. The highest BCUT2D eigenvalue weighted by Gasteiger charge is 2.66. The molecule has 2 aliphatic rings. The summed E-state index contributed by atoms with van der Waals surface area (Å²) in [6.07, 6.45) is 8.11. The van der Waals surface area contributed by atoms with Crippen LogP contribution in [-0.4, -0.2) is 54.3 Å². The zero-order chi connectivity index (χ0) is 32.5. The van der Waals surface area contributed by atoms with Crippen LogP contribution in [0.15, 0.2) is 72.0 Å². The average Bonchev–Trinajstić information content (AvgIpc) is 3.58. The summed E-state index contributed by atoms with van der Waals surface area (Å²) in [7, 11) is -2.81. The van der Waals surface area contributed by atoms with Gasteiger partial charge in [-0.25, -0.2) is 0 Å². The van der Waals surface area contributed by atoms with Gasteiger partial charge < -0.3 is 29.8 Å². The SMILES string of the molecule is CC(C)=CCC/C(C)=C/CN1C(=O)[C@]2(O[C@H](CCO)[C@@H]([Si](C)(C)O)[C@@H]2C)c2cc(NC(=O)Cc3c[nH]c4ccccc34)ccc21. The number of para-hydroxylation sites is 1. The van der Waals surface area contributed by atoms with Gasteiger partial charge in [-0.15, -0.1) is 0 Å². The molecule has 4 N–H and O–H groups in total. The number of ether oxygens (including phenoxy) is 1. The zero-order valence-electron chi connectivity index (χ0n) is 27.3. The first-order chi connectivity index (χ1) is 21.4. The second-order valence-corrected chi connectivity index (χ2v) is 17.4. The van der Waals surface area contributed by atoms with Crippen molar-refractivity contribution in [3.05, 3.63) is 83.1 Å². The number of carbonyl (C=O) groups is 2. The molecular formula is C36H47N3O5Si. The summed E-state index contributed by atoms with van der Waals surface area (Å²) in [5, 5.41) is 14.0. The third kappa shape index (κ3) is 6.45. The molecule has 0 bridgehead atoms. The van der Waals surface area contributed by atoms with Crippen molar-refractivity contribution in [2.45, 2.75) is 83.7 Å². The van der Waals surface area contributed by atoms with Gasteiger partial charge in [0.15, 0.2) is 13.9 Å². The molecule has 45 heavy (non-hydrogen) atoms. The lowest BCUT2D eigenvalue weighted by Gasteiger charge is -2.32. The van der Waals surface area contributed by atoms with Gasteiger partial charge in [-0.3, -0.25) is 9.59 Å². The van der Waals surface area contributed by atoms with Crippen LogP contribution in [0.2, 0.25) is 18.6 Å². The third-order valence-corrected chi connectivity index (χ3v) is 11.9. The molecule has 2 amide bonds. The summed E-state index contributed by atoms with van der Waals surface area (Å²) >= 11 is 0. The van der Waals surface area contributed by atoms with Crippen molar-refractivity contribution in [1.29, 1.82) is 0 Å². The van der Waals surface area contributed by atoms with Gasteiger partial charge in [-0.1, -0.05) is 48.4 Å². The van der Waals surface area contributed by atoms with Gasteiger partial charge in [0.05, 0.1) is 18.2 Å². The number of nitrogens with zero attached hydrogens (tertiary/aromatic N) is 1. The average molecular weight is 630 g/mol. The van der Waals surface area contributed by atoms with E-state index in [2.05, 4.69) is 43.2 Å². The van der Waals surface area contributed by atoms with Crippen molar-refractivity contribution in [2.75, 3.05) is 23.4 Å². The molecule has 3 aromatic rings. The van der Waals surface area contributed by atoms with Gasteiger partial charge >= 0.3 is 0 Å². The number of benzene rings is 2. The summed E-state index contributed by atoms with van der Waals surface area (Å²) in [6, 6.07) is 13.5. The van der Waals surface area contributed by atoms with Crippen molar-refractivity contribution in [3.63, 3.8) is 0 Å². The molecular weight excluding hydrogens is 582 g/mol. The molecule has 0 radical (unpaired) electrons. The van der Waals surface area contributed by atoms with Crippen LogP contribution in [0, 0.1) is 5.92 Å². The minimum absolute atomic E-state index is 0.100. The van der Waals surface area contributed by atoms with Gasteiger partial charge in [-0.2, -0.15) is 0 Å². The lowest BCUT2D eigenvalue weighted by Crippen LogP contribution is -2.46. The van der Waals surface area contributed by atoms with Crippen molar-refractivity contribution >= 4 is 42.4 Å². The highest BCUT2D eigenvalue weighted by molar-refractivity contribution is 6.71. The van der Waals surface area contributed by atoms with Crippen LogP contribution in [0.1, 0.15) is 58.1 Å². The number of hydrogen-bond donors (Lipinski definition) is 4. The number of amides is 2. The first-order valence-electron chi connectivity index (χ1n) is 16.0. The van der Waals surface area contributed by atoms with E-state index in [9.17, 15) is 19.5 Å². The number of carbonyl (C=O) groups excluding carboxylic acids is 2. The van der Waals surface area contributed by atoms with Crippen molar-refractivity contribution in [1.82, 2.24) is 4.98 Å². The first kappa shape index (κ1) is 32.9. The zero-order valence-corrected chi connectivity index (χ0v) is 28.3. The number of anilines is 2. The molecule has 2 aliphatic heterocycles. The molecule has 240 valence electrons. The standard InChI is InChI=1S/C36H47N3O5Si/c1-23(2)10-9-11-24(3)16-18-39-31-15-14-27(38-33(41)20-26-22-37-30-13-8-7-12-28(26)30)21-29(31)36(35(39)42)25(4)34(45(5,6)43)32(44-36)17-19-40/h7-8,10,12-16,21-22,25,32,34,37,40,43H,9,11,17-20H2,1-6H3,(H,38,41)/b24-16+/t25-,32+,34-,36+/m0/s1. The molecule has 8 nitrogen and oxygen atoms in total. The topological polar surface area (TPSA) is 115 Å². The Morgan fingerprint density at radius 1 is 1.16 bits per heavy atom. The number of rotatable bonds is 11. The summed E-state index contributed by atoms with van der Waals surface area (Å²) in [4.78, 5) is 44.2. The summed E-state index contributed by atoms with van der Waals surface area (Å²) in [5.74, 6) is -0.661. The largest absolute Gasteiger partial charge is 0.432 e. The Bertz CT molecular complexity index is 1630. The number of fused-ring (bicyclic) bond motifs is 3. The maximum atomic E-state index is 14.5. The van der Waals surface area contributed by atoms with Crippen LogP contribution in [0.4, 0.5) is 11.4 Å². The maximum Gasteiger partial charge on any atom is 0.264 e. The predicted molar refractivity (Wildman–Crippen MR) is 183 cm³/mol. The molecule has 9 heteroatoms. The van der Waals surface area contributed by atoms with Crippen LogP contribution in [-0.2, 0) is 26.3 Å². The van der Waals surface area contributed by atoms with E-state index < -0.39 is 20.0 Å². The Morgan fingerprint density at radius 2 is 1.91 bits per heavy atom. The molecule has 2 aromatic carbocycles. The van der Waals surface area contributed by atoms with E-state index in [1.54, 1.807) is 4.90 Å². The molecule has 0 saturated carbocycles. The number of nitrogens with one attached hydrogen (secondary N) is 2. The minimum Gasteiger partial charge on any atom is -0.432 e. The Labute approximate surface area is 267 Å². The van der Waals surface area contributed by atoms with Crippen LogP contribution in [0.5, 0.6) is 0 Å². The van der Waals surface area contributed by atoms with E-state index in [0.29, 0.717) is 24.2 Å². The molecule has 0 unspecified atom stereocenters. The molecule has 1 fully saturated rings. The Kier molecular flexibility index (Phi) is 9.56. The number of allylic oxidation sites excluding steroid dienone is 3. The molecule has 0 aliphatic carbocycles. The molecule has 1 spiro atoms. The lowest BCUT2D eigenvalue weighted by atomic mass is 9.82. The van der Waals surface area contributed by atoms with Crippen LogP contribution >= 0.6 is 0 Å². The van der Waals surface area contributed by atoms with Gasteiger partial charge in [0.1, 0.15) is 0 Å². The molecule has 1 saturated heterocycles. The highest BCUT2D eigenvalue weighted by atomic mass is 28.4. The van der Waals surface area contributed by atoms with E-state index in [1.165, 1.54) is 11.1 Å². The van der Waals surface area contributed by atoms with Crippen LogP contribution in [0.3, 0.4) is 0 Å². The smallest absolute Gasteiger partial charge is 0.264 e. The van der Waals surface area contributed by atoms with E-state index in [4.69, 9.17) is 4.74 Å². The van der Waals surface area contributed by atoms with E-state index in [1.807, 2.05) is 68.7 Å². The number of H-pyrrole nitrogens is 1. The highest BCUT2D eigenvalue weighted by Crippen LogP contribution is 2.59. The molecule has 1 aromatic heterocycles. The maximum absolute atomic E-state index is 14.5. The summed E-state index contributed by atoms with van der Waals surface area (Å²) in [6.45, 7) is 12.3. The normalized spacial score (nSPS) is 23.2. The minimum atomic E-state index is -2.81. The van der Waals surface area contributed by atoms with Gasteiger partial charge in [0.2, 0.25) is 5.91 Å². The number of hydrogen-bond acceptors (Lipinski definition) is 5. The van der Waals surface area contributed by atoms with Crippen molar-refractivity contribution in [2.24, 2.45) is 5.92 Å². The van der Waals surface area contributed by atoms with Crippen molar-refractivity contribution in [3.8, 4) is 0 Å². The van der Waals surface area contributed by atoms with Gasteiger partial charge in [0, 0.05) is 53.0 Å². The predicted octanol–water partition coefficient (Wildman–Crippen LogP) is 6.57. The van der Waals surface area contributed by atoms with Crippen LogP contribution in [0.25, 0.3) is 10.9 Å². The van der Waals surface area contributed by atoms with Crippen LogP contribution < -0.4 is 10.2 Å². The number of aliphatic hydroxyl groups is 1. The summed E-state index contributed by atoms with van der Waals surface area (Å²) in [5.41, 5.74) is 4.81. The lowest BCUT2D eigenvalue weighted by molar-refractivity contribution is -0.146. The van der Waals surface area contributed by atoms with Crippen molar-refractivity contribution < 1.29 is 24.2 Å². The molecule has 4 atom stereocenters. The monoisotopic (exact) mass is 629 g/mol. The second-order valence-electron chi connectivity index (χ2n) is 13.5. The van der Waals surface area contributed by atoms with E-state index in [0.717, 1.165) is 35.0 Å². The van der Waals surface area contributed by atoms with E-state index in [-0.39, 0.29) is 36.3 Å². The Balaban J connectivity index is 1.48. The Morgan fingerprint density at radius 3 is 2.62 bits per heavy atom. The van der Waals surface area contributed by atoms with Gasteiger partial charge in [0.25, 0.3) is 5.91 Å². The number of aliphatic hydroxyl groups excluding tert-OH is 1. The van der Waals surface area contributed by atoms with E-state index >= 15 is 0 Å². The fraction of sp³-hybridized carbons (Fsp3) is 0.444. The number of aromatic amines is 1. The third-order valence-electron chi connectivity index (χ3n) is 9.42. The Hall–Kier alpha value is -3.50. The first-order valence-corrected chi connectivity index (χ1v) is 19.0. The van der Waals surface area contributed by atoms with Gasteiger partial charge in [-0.05, 0) is 83.0 Å². The second kappa shape index (κ2) is 13.1. The fourth-order valence-corrected chi connectivity index (χ4v) is 9.93. The quantitative estimate of drug-likeness (QED) is 0.142. The fourth-order valence-electron chi connectivity index (χ4n) is 7.33. The summed E-state index contributed by atoms with van der Waals surface area (Å²) < 4.78 is 6.74. The molecule has 5 rings (SSSR count).